The summed E-state index contributed by atoms with van der Waals surface area (Å²) in [6.45, 7) is -0.561. The standard InChI is InChI=1S/C14H15ClFNO5S2/c15-9-1-2-11(16)12(5-9)17-13(18)6-22-14(19)7-23-10-3-4-24(20,21)8-10/h1-2,5,10H,3-4,6-8H2,(H,17,18)/t10-/m1/s1. The van der Waals surface area contributed by atoms with Gasteiger partial charge < -0.3 is 10.1 Å². The molecule has 6 nitrogen and oxygen atoms in total. The number of sulfone groups is 1. The number of nitrogens with one attached hydrogen (secondary N) is 1. The number of benzene rings is 1. The van der Waals surface area contributed by atoms with Crippen molar-refractivity contribution in [3.63, 3.8) is 0 Å². The molecule has 1 aromatic carbocycles. The lowest BCUT2D eigenvalue weighted by Crippen LogP contribution is -2.22. The number of carbonyl (C=O) groups is 2. The normalized spacial score (nSPS) is 19.0. The Morgan fingerprint density at radius 3 is 2.83 bits per heavy atom. The number of rotatable bonds is 6. The van der Waals surface area contributed by atoms with Crippen molar-refractivity contribution in [3.8, 4) is 0 Å². The van der Waals surface area contributed by atoms with Crippen LogP contribution in [0.5, 0.6) is 0 Å². The minimum absolute atomic E-state index is 0.0427. The molecule has 0 saturated carbocycles. The van der Waals surface area contributed by atoms with Crippen LogP contribution in [-0.4, -0.2) is 49.4 Å². The van der Waals surface area contributed by atoms with Crippen LogP contribution in [0.3, 0.4) is 0 Å². The van der Waals surface area contributed by atoms with E-state index >= 15 is 0 Å². The lowest BCUT2D eigenvalue weighted by Gasteiger charge is -2.09. The van der Waals surface area contributed by atoms with Gasteiger partial charge in [-0.3, -0.25) is 9.59 Å². The zero-order valence-corrected chi connectivity index (χ0v) is 14.8. The summed E-state index contributed by atoms with van der Waals surface area (Å²) in [5, 5.41) is 2.38. The smallest absolute Gasteiger partial charge is 0.316 e. The van der Waals surface area contributed by atoms with Crippen LogP contribution in [0.4, 0.5) is 10.1 Å². The van der Waals surface area contributed by atoms with Gasteiger partial charge in [-0.15, -0.1) is 11.8 Å². The van der Waals surface area contributed by atoms with Gasteiger partial charge in [-0.25, -0.2) is 12.8 Å². The van der Waals surface area contributed by atoms with Crippen molar-refractivity contribution >= 4 is 50.8 Å². The maximum Gasteiger partial charge on any atom is 0.316 e. The molecule has 0 aromatic heterocycles. The SMILES string of the molecule is O=C(COC(=O)CS[C@@H]1CCS(=O)(=O)C1)Nc1cc(Cl)ccc1F. The van der Waals surface area contributed by atoms with E-state index in [-0.39, 0.29) is 33.2 Å². The van der Waals surface area contributed by atoms with Gasteiger partial charge in [-0.1, -0.05) is 11.6 Å². The van der Waals surface area contributed by atoms with Crippen LogP contribution in [0.1, 0.15) is 6.42 Å². The predicted octanol–water partition coefficient (Wildman–Crippen LogP) is 1.88. The van der Waals surface area contributed by atoms with Gasteiger partial charge in [0.05, 0.1) is 22.9 Å². The van der Waals surface area contributed by atoms with Crippen LogP contribution in [0, 0.1) is 5.82 Å². The first kappa shape index (κ1) is 19.0. The van der Waals surface area contributed by atoms with Gasteiger partial charge in [0.2, 0.25) is 0 Å². The Balaban J connectivity index is 1.71. The highest BCUT2D eigenvalue weighted by Crippen LogP contribution is 2.24. The van der Waals surface area contributed by atoms with E-state index in [1.54, 1.807) is 0 Å². The zero-order chi connectivity index (χ0) is 17.7. The lowest BCUT2D eigenvalue weighted by atomic mass is 10.3. The molecule has 0 bridgehead atoms. The monoisotopic (exact) mass is 395 g/mol. The summed E-state index contributed by atoms with van der Waals surface area (Å²) < 4.78 is 40.8. The fraction of sp³-hybridized carbons (Fsp3) is 0.429. The number of carbonyl (C=O) groups excluding carboxylic acids is 2. The highest BCUT2D eigenvalue weighted by Gasteiger charge is 2.28. The molecule has 1 atom stereocenters. The van der Waals surface area contributed by atoms with E-state index in [1.807, 2.05) is 0 Å². The summed E-state index contributed by atoms with van der Waals surface area (Å²) in [5.41, 5.74) is -0.103. The average molecular weight is 396 g/mol. The number of anilines is 1. The molecule has 1 heterocycles. The molecule has 10 heteroatoms. The van der Waals surface area contributed by atoms with Gasteiger partial charge in [0, 0.05) is 10.3 Å². The number of ether oxygens (including phenoxy) is 1. The van der Waals surface area contributed by atoms with Crippen molar-refractivity contribution in [3.05, 3.63) is 29.0 Å². The number of thioether (sulfide) groups is 1. The summed E-state index contributed by atoms with van der Waals surface area (Å²) in [7, 11) is -2.99. The molecular formula is C14H15ClFNO5S2. The molecular weight excluding hydrogens is 381 g/mol. The van der Waals surface area contributed by atoms with E-state index in [4.69, 9.17) is 16.3 Å². The summed E-state index contributed by atoms with van der Waals surface area (Å²) in [4.78, 5) is 23.2. The first-order valence-electron chi connectivity index (χ1n) is 6.98. The van der Waals surface area contributed by atoms with Crippen LogP contribution >= 0.6 is 23.4 Å². The zero-order valence-electron chi connectivity index (χ0n) is 12.5. The van der Waals surface area contributed by atoms with Crippen molar-refractivity contribution in [2.24, 2.45) is 0 Å². The molecule has 24 heavy (non-hydrogen) atoms. The molecule has 0 aliphatic carbocycles. The van der Waals surface area contributed by atoms with E-state index < -0.39 is 34.1 Å². The van der Waals surface area contributed by atoms with E-state index in [1.165, 1.54) is 23.9 Å². The lowest BCUT2D eigenvalue weighted by molar-refractivity contribution is -0.144. The molecule has 0 spiro atoms. The van der Waals surface area contributed by atoms with Crippen molar-refractivity contribution in [2.75, 3.05) is 29.2 Å². The van der Waals surface area contributed by atoms with Gasteiger partial charge in [0.15, 0.2) is 16.4 Å². The van der Waals surface area contributed by atoms with Crippen molar-refractivity contribution in [1.82, 2.24) is 0 Å². The molecule has 0 unspecified atom stereocenters. The first-order valence-corrected chi connectivity index (χ1v) is 10.2. The molecule has 2 rings (SSSR count). The van der Waals surface area contributed by atoms with Gasteiger partial charge in [-0.2, -0.15) is 0 Å². The largest absolute Gasteiger partial charge is 0.455 e. The molecule has 1 saturated heterocycles. The second kappa shape index (κ2) is 8.17. The molecule has 1 fully saturated rings. The van der Waals surface area contributed by atoms with E-state index in [9.17, 15) is 22.4 Å². The molecule has 1 aliphatic rings. The molecule has 132 valence electrons. The van der Waals surface area contributed by atoms with Crippen LogP contribution in [0.15, 0.2) is 18.2 Å². The molecule has 0 radical (unpaired) electrons. The average Bonchev–Trinajstić information content (AvgIpc) is 2.86. The summed E-state index contributed by atoms with van der Waals surface area (Å²) >= 11 is 6.89. The fourth-order valence-electron chi connectivity index (χ4n) is 2.05. The summed E-state index contributed by atoms with van der Waals surface area (Å²) in [6.07, 6.45) is 0.509. The van der Waals surface area contributed by atoms with Gasteiger partial charge in [0.1, 0.15) is 5.82 Å². The Morgan fingerprint density at radius 1 is 1.42 bits per heavy atom. The van der Waals surface area contributed by atoms with Crippen molar-refractivity contribution < 1.29 is 27.1 Å². The Labute approximate surface area is 148 Å². The number of esters is 1. The number of amides is 1. The van der Waals surface area contributed by atoms with E-state index in [0.717, 1.165) is 6.07 Å². The molecule has 1 N–H and O–H groups in total. The molecule has 1 amide bonds. The van der Waals surface area contributed by atoms with Crippen LogP contribution < -0.4 is 5.32 Å². The van der Waals surface area contributed by atoms with E-state index in [2.05, 4.69) is 5.32 Å². The highest BCUT2D eigenvalue weighted by molar-refractivity contribution is 8.02. The van der Waals surface area contributed by atoms with Gasteiger partial charge >= 0.3 is 5.97 Å². The quantitative estimate of drug-likeness (QED) is 0.740. The number of hydrogen-bond acceptors (Lipinski definition) is 6. The summed E-state index contributed by atoms with van der Waals surface area (Å²) in [5.74, 6) is -1.84. The third kappa shape index (κ3) is 5.95. The second-order valence-corrected chi connectivity index (χ2v) is 9.12. The minimum atomic E-state index is -2.99. The minimum Gasteiger partial charge on any atom is -0.455 e. The van der Waals surface area contributed by atoms with E-state index in [0.29, 0.717) is 6.42 Å². The number of hydrogen-bond donors (Lipinski definition) is 1. The molecule has 1 aromatic rings. The number of halogens is 2. The van der Waals surface area contributed by atoms with Crippen LogP contribution in [0.2, 0.25) is 5.02 Å². The third-order valence-corrected chi connectivity index (χ3v) is 6.68. The predicted molar refractivity (Wildman–Crippen MR) is 90.5 cm³/mol. The van der Waals surface area contributed by atoms with Gasteiger partial charge in [0.25, 0.3) is 5.91 Å². The maximum absolute atomic E-state index is 13.5. The Hall–Kier alpha value is -1.32. The Kier molecular flexibility index (Phi) is 6.47. The van der Waals surface area contributed by atoms with Crippen LogP contribution in [-0.2, 0) is 24.2 Å². The van der Waals surface area contributed by atoms with Crippen molar-refractivity contribution in [2.45, 2.75) is 11.7 Å². The second-order valence-electron chi connectivity index (χ2n) is 5.17. The molecule has 1 aliphatic heterocycles. The van der Waals surface area contributed by atoms with Gasteiger partial charge in [-0.05, 0) is 24.6 Å². The van der Waals surface area contributed by atoms with Crippen LogP contribution in [0.25, 0.3) is 0 Å². The maximum atomic E-state index is 13.5. The summed E-state index contributed by atoms with van der Waals surface area (Å²) in [6, 6.07) is 3.69. The Bertz CT molecular complexity index is 741. The topological polar surface area (TPSA) is 89.5 Å². The highest BCUT2D eigenvalue weighted by atomic mass is 35.5. The third-order valence-electron chi connectivity index (χ3n) is 3.19. The Morgan fingerprint density at radius 2 is 2.17 bits per heavy atom. The van der Waals surface area contributed by atoms with Crippen molar-refractivity contribution in [1.29, 1.82) is 0 Å². The fourth-order valence-corrected chi connectivity index (χ4v) is 5.66. The first-order chi connectivity index (χ1) is 11.2.